The molecule has 0 radical (unpaired) electrons. The van der Waals surface area contributed by atoms with Gasteiger partial charge in [0.15, 0.2) is 0 Å². The monoisotopic (exact) mass is 283 g/mol. The molecule has 0 saturated carbocycles. The molecule has 1 rings (SSSR count). The Balaban J connectivity index is 2.69. The molecule has 0 aliphatic heterocycles. The molecule has 3 nitrogen and oxygen atoms in total. The van der Waals surface area contributed by atoms with Gasteiger partial charge in [-0.2, -0.15) is 0 Å². The highest BCUT2D eigenvalue weighted by molar-refractivity contribution is 7.10. The molecule has 1 heterocycles. The number of carbonyl (C=O) groups is 1. The number of carbonyl (C=O) groups excluding carboxylic acids is 1. The van der Waals surface area contributed by atoms with Crippen LogP contribution in [0.3, 0.4) is 0 Å². The normalized spacial score (nSPS) is 14.1. The predicted molar refractivity (Wildman–Crippen MR) is 80.4 cm³/mol. The molecule has 1 aromatic heterocycles. The van der Waals surface area contributed by atoms with Crippen LogP contribution in [0.25, 0.3) is 0 Å². The summed E-state index contributed by atoms with van der Waals surface area (Å²) in [6, 6.07) is 4.25. The third-order valence-corrected chi connectivity index (χ3v) is 4.18. The van der Waals surface area contributed by atoms with Gasteiger partial charge < -0.3 is 4.74 Å². The number of ether oxygens (including phenoxy) is 1. The molecule has 1 N–H and O–H groups in total. The van der Waals surface area contributed by atoms with Gasteiger partial charge in [-0.15, -0.1) is 11.3 Å². The highest BCUT2D eigenvalue weighted by Crippen LogP contribution is 2.24. The topological polar surface area (TPSA) is 38.3 Å². The van der Waals surface area contributed by atoms with Gasteiger partial charge in [0.05, 0.1) is 7.11 Å². The zero-order valence-corrected chi connectivity index (χ0v) is 13.0. The van der Waals surface area contributed by atoms with Gasteiger partial charge in [-0.3, -0.25) is 10.1 Å². The van der Waals surface area contributed by atoms with Gasteiger partial charge in [-0.1, -0.05) is 39.2 Å². The molecule has 2 unspecified atom stereocenters. The SMILES string of the molecule is CCCCC(NC(CCC)c1cccs1)C(=O)OC. The lowest BCUT2D eigenvalue weighted by Crippen LogP contribution is -2.39. The summed E-state index contributed by atoms with van der Waals surface area (Å²) in [4.78, 5) is 13.1. The average molecular weight is 283 g/mol. The molecule has 0 fully saturated rings. The number of rotatable bonds is 9. The molecule has 0 aromatic carbocycles. The number of esters is 1. The van der Waals surface area contributed by atoms with E-state index in [4.69, 9.17) is 4.74 Å². The molecular weight excluding hydrogens is 258 g/mol. The summed E-state index contributed by atoms with van der Waals surface area (Å²) in [6.45, 7) is 4.30. The molecule has 0 spiro atoms. The van der Waals surface area contributed by atoms with Gasteiger partial charge in [0.25, 0.3) is 0 Å². The first kappa shape index (κ1) is 16.2. The fourth-order valence-corrected chi connectivity index (χ4v) is 2.97. The maximum Gasteiger partial charge on any atom is 0.322 e. The van der Waals surface area contributed by atoms with Crippen molar-refractivity contribution in [3.8, 4) is 0 Å². The second kappa shape index (κ2) is 9.10. The van der Waals surface area contributed by atoms with E-state index in [9.17, 15) is 4.79 Å². The van der Waals surface area contributed by atoms with Crippen molar-refractivity contribution in [2.45, 2.75) is 58.0 Å². The summed E-state index contributed by atoms with van der Waals surface area (Å²) in [6.07, 6.45) is 5.11. The third kappa shape index (κ3) is 5.33. The van der Waals surface area contributed by atoms with Gasteiger partial charge >= 0.3 is 5.97 Å². The molecule has 0 aliphatic carbocycles. The van der Waals surface area contributed by atoms with Crippen LogP contribution >= 0.6 is 11.3 Å². The molecule has 4 heteroatoms. The van der Waals surface area contributed by atoms with Crippen LogP contribution in [0.2, 0.25) is 0 Å². The van der Waals surface area contributed by atoms with Crippen LogP contribution in [0.4, 0.5) is 0 Å². The summed E-state index contributed by atoms with van der Waals surface area (Å²) < 4.78 is 4.91. The van der Waals surface area contributed by atoms with Crippen LogP contribution in [0.1, 0.15) is 56.9 Å². The zero-order chi connectivity index (χ0) is 14.1. The van der Waals surface area contributed by atoms with Crippen LogP contribution in [-0.4, -0.2) is 19.1 Å². The second-order valence-corrected chi connectivity index (χ2v) is 5.72. The Hall–Kier alpha value is -0.870. The first-order chi connectivity index (χ1) is 9.22. The third-order valence-electron chi connectivity index (χ3n) is 3.20. The molecule has 2 atom stereocenters. The van der Waals surface area contributed by atoms with E-state index in [1.54, 1.807) is 11.3 Å². The molecular formula is C15H25NO2S. The Morgan fingerprint density at radius 3 is 2.68 bits per heavy atom. The van der Waals surface area contributed by atoms with Crippen LogP contribution in [0, 0.1) is 0 Å². The van der Waals surface area contributed by atoms with E-state index >= 15 is 0 Å². The maximum atomic E-state index is 11.8. The van der Waals surface area contributed by atoms with E-state index in [1.165, 1.54) is 12.0 Å². The predicted octanol–water partition coefficient (Wildman–Crippen LogP) is 3.91. The van der Waals surface area contributed by atoms with Crippen LogP contribution in [0.5, 0.6) is 0 Å². The molecule has 0 bridgehead atoms. The van der Waals surface area contributed by atoms with Crippen molar-refractivity contribution < 1.29 is 9.53 Å². The minimum atomic E-state index is -0.191. The largest absolute Gasteiger partial charge is 0.468 e. The molecule has 0 aliphatic rings. The quantitative estimate of drug-likeness (QED) is 0.698. The molecule has 108 valence electrons. The van der Waals surface area contributed by atoms with Gasteiger partial charge in [0, 0.05) is 10.9 Å². The van der Waals surface area contributed by atoms with Crippen molar-refractivity contribution in [2.75, 3.05) is 7.11 Å². The summed E-state index contributed by atoms with van der Waals surface area (Å²) in [7, 11) is 1.46. The number of hydrogen-bond donors (Lipinski definition) is 1. The van der Waals surface area contributed by atoms with Crippen LogP contribution < -0.4 is 5.32 Å². The van der Waals surface area contributed by atoms with Crippen molar-refractivity contribution in [3.05, 3.63) is 22.4 Å². The molecule has 0 amide bonds. The zero-order valence-electron chi connectivity index (χ0n) is 12.1. The second-order valence-electron chi connectivity index (χ2n) is 4.74. The Kier molecular flexibility index (Phi) is 7.75. The lowest BCUT2D eigenvalue weighted by molar-refractivity contribution is -0.143. The average Bonchev–Trinajstić information content (AvgIpc) is 2.95. The lowest BCUT2D eigenvalue weighted by atomic mass is 10.1. The van der Waals surface area contributed by atoms with E-state index in [2.05, 4.69) is 36.7 Å². The number of hydrogen-bond acceptors (Lipinski definition) is 4. The lowest BCUT2D eigenvalue weighted by Gasteiger charge is -2.23. The van der Waals surface area contributed by atoms with E-state index in [1.807, 2.05) is 0 Å². The van der Waals surface area contributed by atoms with Gasteiger partial charge in [-0.05, 0) is 24.3 Å². The Labute approximate surface area is 120 Å². The van der Waals surface area contributed by atoms with Crippen molar-refractivity contribution >= 4 is 17.3 Å². The summed E-state index contributed by atoms with van der Waals surface area (Å²) in [5.74, 6) is -0.147. The number of methoxy groups -OCH3 is 1. The Morgan fingerprint density at radius 2 is 2.16 bits per heavy atom. The van der Waals surface area contributed by atoms with E-state index in [0.29, 0.717) is 0 Å². The fourth-order valence-electron chi connectivity index (χ4n) is 2.15. The summed E-state index contributed by atoms with van der Waals surface area (Å²) >= 11 is 1.74. The summed E-state index contributed by atoms with van der Waals surface area (Å²) in [5.41, 5.74) is 0. The van der Waals surface area contributed by atoms with Crippen molar-refractivity contribution in [2.24, 2.45) is 0 Å². The standard InChI is InChI=1S/C15H25NO2S/c1-4-6-9-13(15(17)18-3)16-12(8-5-2)14-10-7-11-19-14/h7,10-13,16H,4-6,8-9H2,1-3H3. The van der Waals surface area contributed by atoms with Gasteiger partial charge in [0.1, 0.15) is 6.04 Å². The molecule has 0 saturated heterocycles. The van der Waals surface area contributed by atoms with Crippen molar-refractivity contribution in [3.63, 3.8) is 0 Å². The number of nitrogens with one attached hydrogen (secondary N) is 1. The first-order valence-corrected chi connectivity index (χ1v) is 7.98. The molecule has 1 aromatic rings. The van der Waals surface area contributed by atoms with Crippen LogP contribution in [0.15, 0.2) is 17.5 Å². The van der Waals surface area contributed by atoms with Crippen molar-refractivity contribution in [1.82, 2.24) is 5.32 Å². The summed E-state index contributed by atoms with van der Waals surface area (Å²) in [5, 5.41) is 5.56. The van der Waals surface area contributed by atoms with Gasteiger partial charge in [-0.25, -0.2) is 0 Å². The fraction of sp³-hybridized carbons (Fsp3) is 0.667. The van der Waals surface area contributed by atoms with E-state index in [-0.39, 0.29) is 18.1 Å². The maximum absolute atomic E-state index is 11.8. The number of unbranched alkanes of at least 4 members (excludes halogenated alkanes) is 1. The Morgan fingerprint density at radius 1 is 1.37 bits per heavy atom. The Bertz CT molecular complexity index is 351. The van der Waals surface area contributed by atoms with E-state index in [0.717, 1.165) is 32.1 Å². The minimum absolute atomic E-state index is 0.147. The molecule has 19 heavy (non-hydrogen) atoms. The van der Waals surface area contributed by atoms with Crippen LogP contribution in [-0.2, 0) is 9.53 Å². The first-order valence-electron chi connectivity index (χ1n) is 7.10. The smallest absolute Gasteiger partial charge is 0.322 e. The number of thiophene rings is 1. The van der Waals surface area contributed by atoms with E-state index < -0.39 is 0 Å². The minimum Gasteiger partial charge on any atom is -0.468 e. The van der Waals surface area contributed by atoms with Gasteiger partial charge in [0.2, 0.25) is 0 Å². The highest BCUT2D eigenvalue weighted by Gasteiger charge is 2.23. The van der Waals surface area contributed by atoms with Crippen molar-refractivity contribution in [1.29, 1.82) is 0 Å². The highest BCUT2D eigenvalue weighted by atomic mass is 32.1.